The SMILES string of the molecule is C=C(C)C(=O)NCCOCCOCCOCCOCCOCCOCCOCCOCCOCCOCCOCCOCCOCCOCCOCCOCCOCCOCCOCCOCCOCCOCCOC. The first-order valence-corrected chi connectivity index (χ1v) is 26.8. The van der Waals surface area contributed by atoms with E-state index in [4.69, 9.17) is 109 Å². The molecule has 0 aromatic carbocycles. The van der Waals surface area contributed by atoms with Crippen molar-refractivity contribution in [1.29, 1.82) is 0 Å². The van der Waals surface area contributed by atoms with Gasteiger partial charge in [-0.15, -0.1) is 0 Å². The van der Waals surface area contributed by atoms with Crippen LogP contribution < -0.4 is 5.32 Å². The molecule has 0 aromatic heterocycles. The van der Waals surface area contributed by atoms with Gasteiger partial charge in [0.15, 0.2) is 0 Å². The summed E-state index contributed by atoms with van der Waals surface area (Å²) in [5, 5.41) is 2.70. The van der Waals surface area contributed by atoms with Gasteiger partial charge in [0.1, 0.15) is 0 Å². The largest absolute Gasteiger partial charge is 0.382 e. The van der Waals surface area contributed by atoms with Crippen molar-refractivity contribution in [1.82, 2.24) is 5.32 Å². The Kier molecular flexibility index (Phi) is 67.8. The third-order valence-electron chi connectivity index (χ3n) is 9.16. The molecule has 0 saturated carbocycles. The fraction of sp³-hybridized carbons (Fsp3) is 0.941. The highest BCUT2D eigenvalue weighted by molar-refractivity contribution is 5.92. The van der Waals surface area contributed by atoms with Crippen LogP contribution in [0.5, 0.6) is 0 Å². The summed E-state index contributed by atoms with van der Waals surface area (Å²) in [6.07, 6.45) is 0. The lowest BCUT2D eigenvalue weighted by Crippen LogP contribution is -2.27. The van der Waals surface area contributed by atoms with Crippen LogP contribution in [-0.2, 0) is 114 Å². The zero-order valence-electron chi connectivity index (χ0n) is 46.5. The van der Waals surface area contributed by atoms with Crippen LogP contribution in [0.25, 0.3) is 0 Å². The number of hydrogen-bond donors (Lipinski definition) is 1. The van der Waals surface area contributed by atoms with Crippen LogP contribution in [0.3, 0.4) is 0 Å². The van der Waals surface area contributed by atoms with Crippen molar-refractivity contribution in [2.75, 3.05) is 311 Å². The molecule has 0 atom stereocenters. The number of rotatable bonds is 70. The second-order valence-electron chi connectivity index (χ2n) is 15.5. The van der Waals surface area contributed by atoms with Gasteiger partial charge < -0.3 is 114 Å². The first-order chi connectivity index (χ1) is 37.7. The van der Waals surface area contributed by atoms with Crippen LogP contribution in [0.4, 0.5) is 0 Å². The third-order valence-corrected chi connectivity index (χ3v) is 9.16. The van der Waals surface area contributed by atoms with E-state index in [-0.39, 0.29) is 5.91 Å². The standard InChI is InChI=1S/C51H101NO24/c1-50(2)51(53)52-4-5-55-8-9-57-12-13-59-16-17-61-20-21-63-24-25-65-28-29-67-32-33-69-36-37-71-40-41-73-44-45-75-48-49-76-47-46-74-43-42-72-39-38-70-35-34-68-31-30-66-27-26-64-23-22-62-19-18-60-15-14-58-11-10-56-7-6-54-3/h1,4-49H2,2-3H3,(H,52,53). The summed E-state index contributed by atoms with van der Waals surface area (Å²) >= 11 is 0. The molecule has 0 aliphatic rings. The minimum Gasteiger partial charge on any atom is -0.382 e. The predicted octanol–water partition coefficient (Wildman–Crippen LogP) is 0.690. The average molecular weight is 1110 g/mol. The number of methoxy groups -OCH3 is 1. The number of nitrogens with one attached hydrogen (secondary N) is 1. The zero-order chi connectivity index (χ0) is 54.7. The number of carbonyl (C=O) groups excluding carboxylic acids is 1. The van der Waals surface area contributed by atoms with Gasteiger partial charge in [-0.25, -0.2) is 0 Å². The van der Waals surface area contributed by atoms with E-state index in [0.29, 0.717) is 309 Å². The lowest BCUT2D eigenvalue weighted by atomic mass is 10.3. The molecule has 1 N–H and O–H groups in total. The van der Waals surface area contributed by atoms with Crippen LogP contribution in [-0.4, -0.2) is 317 Å². The van der Waals surface area contributed by atoms with E-state index in [1.165, 1.54) is 0 Å². The molecule has 0 aromatic rings. The molecule has 0 saturated heterocycles. The molecule has 0 heterocycles. The maximum Gasteiger partial charge on any atom is 0.246 e. The Bertz CT molecular complexity index is 1110. The predicted molar refractivity (Wildman–Crippen MR) is 278 cm³/mol. The first-order valence-electron chi connectivity index (χ1n) is 26.8. The van der Waals surface area contributed by atoms with Crippen molar-refractivity contribution in [2.24, 2.45) is 0 Å². The molecule has 0 spiro atoms. The van der Waals surface area contributed by atoms with Crippen molar-refractivity contribution < 1.29 is 114 Å². The highest BCUT2D eigenvalue weighted by Crippen LogP contribution is 1.91. The normalized spacial score (nSPS) is 11.6. The van der Waals surface area contributed by atoms with E-state index in [9.17, 15) is 4.79 Å². The summed E-state index contributed by atoms with van der Waals surface area (Å²) in [5.74, 6) is -0.168. The number of hydrogen-bond acceptors (Lipinski definition) is 24. The molecule has 1 amide bonds. The molecule has 0 unspecified atom stereocenters. The maximum absolute atomic E-state index is 11.3. The van der Waals surface area contributed by atoms with E-state index in [1.807, 2.05) is 0 Å². The van der Waals surface area contributed by atoms with Gasteiger partial charge in [0, 0.05) is 19.2 Å². The van der Waals surface area contributed by atoms with Crippen molar-refractivity contribution in [3.63, 3.8) is 0 Å². The van der Waals surface area contributed by atoms with E-state index in [2.05, 4.69) is 11.9 Å². The van der Waals surface area contributed by atoms with Crippen molar-refractivity contribution >= 4 is 5.91 Å². The van der Waals surface area contributed by atoms with Crippen molar-refractivity contribution in [2.45, 2.75) is 6.92 Å². The van der Waals surface area contributed by atoms with Gasteiger partial charge in [0.05, 0.1) is 297 Å². The maximum atomic E-state index is 11.3. The number of ether oxygens (including phenoxy) is 23. The summed E-state index contributed by atoms with van der Waals surface area (Å²) in [7, 11) is 1.64. The van der Waals surface area contributed by atoms with Gasteiger partial charge >= 0.3 is 0 Å². The van der Waals surface area contributed by atoms with Gasteiger partial charge in [-0.05, 0) is 6.92 Å². The van der Waals surface area contributed by atoms with E-state index in [0.717, 1.165) is 0 Å². The Morgan fingerprint density at radius 2 is 0.355 bits per heavy atom. The minimum atomic E-state index is -0.168. The molecule has 0 aliphatic carbocycles. The quantitative estimate of drug-likeness (QED) is 0.0651. The van der Waals surface area contributed by atoms with Gasteiger partial charge in [0.25, 0.3) is 0 Å². The molecule has 0 radical (unpaired) electrons. The first kappa shape index (κ1) is 74.3. The molecule has 25 heteroatoms. The Morgan fingerprint density at radius 1 is 0.237 bits per heavy atom. The van der Waals surface area contributed by atoms with Gasteiger partial charge in [-0.2, -0.15) is 0 Å². The van der Waals surface area contributed by atoms with E-state index < -0.39 is 0 Å². The second kappa shape index (κ2) is 69.4. The third kappa shape index (κ3) is 68.4. The summed E-state index contributed by atoms with van der Waals surface area (Å²) < 4.78 is 125. The Labute approximate surface area is 454 Å². The Balaban J connectivity index is 3.09. The van der Waals surface area contributed by atoms with Crippen LogP contribution >= 0.6 is 0 Å². The molecular formula is C51H101NO24. The highest BCUT2D eigenvalue weighted by Gasteiger charge is 2.02. The second-order valence-corrected chi connectivity index (χ2v) is 15.5. The average Bonchev–Trinajstić information content (AvgIpc) is 3.42. The summed E-state index contributed by atoms with van der Waals surface area (Å²) in [6, 6.07) is 0. The molecule has 454 valence electrons. The molecule has 76 heavy (non-hydrogen) atoms. The topological polar surface area (TPSA) is 241 Å². The summed E-state index contributed by atoms with van der Waals surface area (Å²) in [5.41, 5.74) is 0.476. The van der Waals surface area contributed by atoms with E-state index >= 15 is 0 Å². The van der Waals surface area contributed by atoms with Crippen molar-refractivity contribution in [3.8, 4) is 0 Å². The van der Waals surface area contributed by atoms with E-state index in [1.54, 1.807) is 14.0 Å². The lowest BCUT2D eigenvalue weighted by Gasteiger charge is -2.09. The lowest BCUT2D eigenvalue weighted by molar-refractivity contribution is -0.117. The summed E-state index contributed by atoms with van der Waals surface area (Å²) in [6.45, 7) is 27.9. The van der Waals surface area contributed by atoms with Gasteiger partial charge in [0.2, 0.25) is 5.91 Å². The van der Waals surface area contributed by atoms with Crippen LogP contribution in [0.1, 0.15) is 6.92 Å². The number of carbonyl (C=O) groups is 1. The fourth-order valence-electron chi connectivity index (χ4n) is 5.25. The Morgan fingerprint density at radius 3 is 0.474 bits per heavy atom. The van der Waals surface area contributed by atoms with Crippen molar-refractivity contribution in [3.05, 3.63) is 12.2 Å². The van der Waals surface area contributed by atoms with Crippen LogP contribution in [0.15, 0.2) is 12.2 Å². The zero-order valence-corrected chi connectivity index (χ0v) is 46.5. The van der Waals surface area contributed by atoms with Crippen LogP contribution in [0, 0.1) is 0 Å². The van der Waals surface area contributed by atoms with Crippen LogP contribution in [0.2, 0.25) is 0 Å². The monoisotopic (exact) mass is 1110 g/mol. The molecule has 0 rings (SSSR count). The molecule has 0 bridgehead atoms. The molecule has 0 fully saturated rings. The number of amides is 1. The molecule has 0 aliphatic heterocycles. The minimum absolute atomic E-state index is 0.168. The van der Waals surface area contributed by atoms with Gasteiger partial charge in [-0.3, -0.25) is 4.79 Å². The smallest absolute Gasteiger partial charge is 0.246 e. The Hall–Kier alpha value is -1.71. The molecule has 25 nitrogen and oxygen atoms in total. The fourth-order valence-corrected chi connectivity index (χ4v) is 5.25. The summed E-state index contributed by atoms with van der Waals surface area (Å²) in [4.78, 5) is 11.3. The van der Waals surface area contributed by atoms with Gasteiger partial charge in [-0.1, -0.05) is 6.58 Å². The molecular weight excluding hydrogens is 1010 g/mol. The highest BCUT2D eigenvalue weighted by atomic mass is 16.6.